The molecule has 2 amide bonds. The topological polar surface area (TPSA) is 73.9 Å². The Morgan fingerprint density at radius 3 is 2.37 bits per heavy atom. The van der Waals surface area contributed by atoms with E-state index < -0.39 is 16.1 Å². The van der Waals surface area contributed by atoms with Crippen molar-refractivity contribution in [2.75, 3.05) is 13.7 Å². The Kier molecular flexibility index (Phi) is 9.29. The molecule has 1 atom stereocenters. The van der Waals surface area contributed by atoms with Gasteiger partial charge in [0.2, 0.25) is 0 Å². The van der Waals surface area contributed by atoms with E-state index in [0.717, 1.165) is 72.6 Å². The molecule has 1 aliphatic heterocycles. The number of ether oxygens (including phenoxy) is 3. The quantitative estimate of drug-likeness (QED) is 0.230. The predicted molar refractivity (Wildman–Crippen MR) is 147 cm³/mol. The zero-order chi connectivity index (χ0) is 27.0. The fourth-order valence-electron chi connectivity index (χ4n) is 4.28. The van der Waals surface area contributed by atoms with Crippen molar-refractivity contribution >= 4 is 22.9 Å². The van der Waals surface area contributed by atoms with Crippen LogP contribution in [0.1, 0.15) is 49.3 Å². The molecule has 8 heteroatoms. The smallest absolute Gasteiger partial charge is 0.289 e. The van der Waals surface area contributed by atoms with Gasteiger partial charge in [-0.25, -0.2) is 4.39 Å². The van der Waals surface area contributed by atoms with Gasteiger partial charge in [0.15, 0.2) is 0 Å². The Morgan fingerprint density at radius 2 is 1.66 bits per heavy atom. The van der Waals surface area contributed by atoms with Gasteiger partial charge in [0.1, 0.15) is 23.0 Å². The SMILES string of the molecule is CCCc1cc(Oc2ccc(OC)cc2)ccc1OCCCCCc1cccc(C2(F)SC(=O)NC2=O)c1. The summed E-state index contributed by atoms with van der Waals surface area (Å²) >= 11 is 0.382. The standard InChI is InChI=1S/C30H32FNO5S/c1-3-8-22-20-26(37-25-14-12-24(35-2)13-15-25)16-17-27(22)36-18-6-4-5-9-21-10-7-11-23(19-21)30(31)28(33)32-29(34)38-30/h7,10-17,19-20H,3-6,8-9,18H2,1-2H3,(H,32,33,34). The number of amides is 2. The number of rotatable bonds is 13. The van der Waals surface area contributed by atoms with Gasteiger partial charge in [-0.1, -0.05) is 37.6 Å². The lowest BCUT2D eigenvalue weighted by Gasteiger charge is -2.15. The van der Waals surface area contributed by atoms with Crippen LogP contribution >= 0.6 is 11.8 Å². The monoisotopic (exact) mass is 537 g/mol. The number of aryl methyl sites for hydroxylation is 2. The maximum atomic E-state index is 15.1. The Bertz CT molecular complexity index is 1270. The third-order valence-electron chi connectivity index (χ3n) is 6.25. The number of unbranched alkanes of at least 4 members (excludes halogenated alkanes) is 2. The van der Waals surface area contributed by atoms with E-state index >= 15 is 4.39 Å². The Balaban J connectivity index is 1.25. The minimum Gasteiger partial charge on any atom is -0.497 e. The second-order valence-electron chi connectivity index (χ2n) is 9.10. The normalized spacial score (nSPS) is 16.8. The lowest BCUT2D eigenvalue weighted by molar-refractivity contribution is -0.126. The first-order valence-corrected chi connectivity index (χ1v) is 13.6. The van der Waals surface area contributed by atoms with Crippen LogP contribution < -0.4 is 19.5 Å². The lowest BCUT2D eigenvalue weighted by Crippen LogP contribution is -2.30. The van der Waals surface area contributed by atoms with Gasteiger partial charge in [0.25, 0.3) is 16.1 Å². The van der Waals surface area contributed by atoms with Gasteiger partial charge in [-0.3, -0.25) is 14.9 Å². The number of imide groups is 1. The molecule has 0 radical (unpaired) electrons. The molecule has 0 spiro atoms. The molecule has 3 aromatic carbocycles. The summed E-state index contributed by atoms with van der Waals surface area (Å²) in [5.41, 5.74) is 2.25. The van der Waals surface area contributed by atoms with Gasteiger partial charge in [-0.2, -0.15) is 0 Å². The average Bonchev–Trinajstić information content (AvgIpc) is 3.19. The van der Waals surface area contributed by atoms with Gasteiger partial charge < -0.3 is 14.2 Å². The van der Waals surface area contributed by atoms with Crippen LogP contribution in [0.2, 0.25) is 0 Å². The first kappa shape index (κ1) is 27.5. The molecular formula is C30H32FNO5S. The summed E-state index contributed by atoms with van der Waals surface area (Å²) in [5, 5.41) is -0.998. The number of hydrogen-bond donors (Lipinski definition) is 1. The highest BCUT2D eigenvalue weighted by molar-refractivity contribution is 8.15. The zero-order valence-electron chi connectivity index (χ0n) is 21.6. The molecule has 1 aliphatic rings. The van der Waals surface area contributed by atoms with E-state index in [2.05, 4.69) is 6.92 Å². The van der Waals surface area contributed by atoms with Crippen LogP contribution in [-0.4, -0.2) is 24.9 Å². The number of thioether (sulfide) groups is 1. The maximum Gasteiger partial charge on any atom is 0.289 e. The summed E-state index contributed by atoms with van der Waals surface area (Å²) in [6.45, 7) is 2.73. The minimum atomic E-state index is -2.35. The van der Waals surface area contributed by atoms with E-state index in [1.165, 1.54) is 0 Å². The number of carbonyl (C=O) groups is 2. The molecule has 0 aliphatic carbocycles. The summed E-state index contributed by atoms with van der Waals surface area (Å²) in [7, 11) is 1.63. The third kappa shape index (κ3) is 6.86. The second kappa shape index (κ2) is 12.8. The number of alkyl halides is 1. The molecule has 6 nitrogen and oxygen atoms in total. The molecule has 4 rings (SSSR count). The van der Waals surface area contributed by atoms with Crippen molar-refractivity contribution in [1.29, 1.82) is 0 Å². The summed E-state index contributed by atoms with van der Waals surface area (Å²) in [6.07, 6.45) is 5.37. The first-order chi connectivity index (χ1) is 18.4. The van der Waals surface area contributed by atoms with Gasteiger partial charge in [0.05, 0.1) is 13.7 Å². The maximum absolute atomic E-state index is 15.1. The van der Waals surface area contributed by atoms with Crippen molar-refractivity contribution in [2.45, 2.75) is 50.4 Å². The van der Waals surface area contributed by atoms with Crippen LogP contribution in [0.3, 0.4) is 0 Å². The third-order valence-corrected chi connectivity index (χ3v) is 7.24. The Labute approximate surface area is 226 Å². The van der Waals surface area contributed by atoms with Crippen molar-refractivity contribution in [1.82, 2.24) is 5.32 Å². The van der Waals surface area contributed by atoms with Crippen molar-refractivity contribution < 1.29 is 28.2 Å². The minimum absolute atomic E-state index is 0.203. The van der Waals surface area contributed by atoms with E-state index in [9.17, 15) is 9.59 Å². The molecule has 3 aromatic rings. The number of halogens is 1. The van der Waals surface area contributed by atoms with Crippen LogP contribution in [0.4, 0.5) is 9.18 Å². The second-order valence-corrected chi connectivity index (χ2v) is 10.2. The average molecular weight is 538 g/mol. The zero-order valence-corrected chi connectivity index (χ0v) is 22.4. The Hall–Kier alpha value is -3.52. The van der Waals surface area contributed by atoms with E-state index in [-0.39, 0.29) is 5.56 Å². The van der Waals surface area contributed by atoms with Gasteiger partial charge in [-0.15, -0.1) is 0 Å². The summed E-state index contributed by atoms with van der Waals surface area (Å²) < 4.78 is 32.4. The molecule has 1 unspecified atom stereocenters. The number of benzene rings is 3. The van der Waals surface area contributed by atoms with Crippen LogP contribution in [0.25, 0.3) is 0 Å². The molecule has 1 fully saturated rings. The highest BCUT2D eigenvalue weighted by Crippen LogP contribution is 2.43. The fourth-order valence-corrected chi connectivity index (χ4v) is 5.07. The van der Waals surface area contributed by atoms with E-state index in [4.69, 9.17) is 14.2 Å². The molecule has 0 bridgehead atoms. The van der Waals surface area contributed by atoms with Gasteiger partial charge >= 0.3 is 0 Å². The number of hydrogen-bond acceptors (Lipinski definition) is 6. The van der Waals surface area contributed by atoms with E-state index in [0.29, 0.717) is 18.4 Å². The number of methoxy groups -OCH3 is 1. The summed E-state index contributed by atoms with van der Waals surface area (Å²) in [6, 6.07) is 20.2. The van der Waals surface area contributed by atoms with Crippen molar-refractivity contribution in [2.24, 2.45) is 0 Å². The van der Waals surface area contributed by atoms with E-state index in [1.54, 1.807) is 25.3 Å². The molecule has 38 heavy (non-hydrogen) atoms. The van der Waals surface area contributed by atoms with Crippen LogP contribution in [0.5, 0.6) is 23.0 Å². The molecule has 200 valence electrons. The molecular weight excluding hydrogens is 505 g/mol. The van der Waals surface area contributed by atoms with Crippen LogP contribution in [-0.2, 0) is 22.6 Å². The highest BCUT2D eigenvalue weighted by Gasteiger charge is 2.50. The van der Waals surface area contributed by atoms with Crippen LogP contribution in [0, 0.1) is 0 Å². The van der Waals surface area contributed by atoms with Gasteiger partial charge in [-0.05, 0) is 97.5 Å². The summed E-state index contributed by atoms with van der Waals surface area (Å²) in [5.74, 6) is 2.25. The number of nitrogens with one attached hydrogen (secondary N) is 1. The first-order valence-electron chi connectivity index (χ1n) is 12.8. The highest BCUT2D eigenvalue weighted by atomic mass is 32.2. The van der Waals surface area contributed by atoms with Crippen molar-refractivity contribution in [3.63, 3.8) is 0 Å². The molecule has 1 N–H and O–H groups in total. The van der Waals surface area contributed by atoms with Crippen molar-refractivity contribution in [3.05, 3.63) is 83.4 Å². The van der Waals surface area contributed by atoms with E-state index in [1.807, 2.05) is 53.8 Å². The van der Waals surface area contributed by atoms with Crippen molar-refractivity contribution in [3.8, 4) is 23.0 Å². The molecule has 0 aromatic heterocycles. The largest absolute Gasteiger partial charge is 0.497 e. The summed E-state index contributed by atoms with van der Waals surface area (Å²) in [4.78, 5) is 23.3. The van der Waals surface area contributed by atoms with Crippen LogP contribution in [0.15, 0.2) is 66.7 Å². The predicted octanol–water partition coefficient (Wildman–Crippen LogP) is 7.34. The lowest BCUT2D eigenvalue weighted by atomic mass is 10.0. The molecule has 0 saturated carbocycles. The fraction of sp³-hybridized carbons (Fsp3) is 0.333. The number of carbonyl (C=O) groups excluding carboxylic acids is 2. The Morgan fingerprint density at radius 1 is 0.895 bits per heavy atom. The van der Waals surface area contributed by atoms with Gasteiger partial charge in [0, 0.05) is 5.56 Å². The molecule has 1 heterocycles. The molecule has 1 saturated heterocycles.